The first-order valence-corrected chi connectivity index (χ1v) is 6.63. The summed E-state index contributed by atoms with van der Waals surface area (Å²) in [5.41, 5.74) is 0. The predicted octanol–water partition coefficient (Wildman–Crippen LogP) is -0.975. The molecule has 20 heavy (non-hydrogen) atoms. The van der Waals surface area contributed by atoms with Gasteiger partial charge in [0.25, 0.3) is 5.09 Å². The van der Waals surface area contributed by atoms with E-state index in [1.807, 2.05) is 0 Å². The van der Waals surface area contributed by atoms with Crippen LogP contribution in [0, 0.1) is 10.1 Å². The highest BCUT2D eigenvalue weighted by Crippen LogP contribution is 2.30. The molecule has 0 radical (unpaired) electrons. The van der Waals surface area contributed by atoms with Gasteiger partial charge in [0, 0.05) is 0 Å². The van der Waals surface area contributed by atoms with E-state index in [9.17, 15) is 14.9 Å². The van der Waals surface area contributed by atoms with Gasteiger partial charge in [-0.05, 0) is 19.4 Å². The molecule has 3 saturated heterocycles. The number of hydrogen-bond acceptors (Lipinski definition) is 8. The van der Waals surface area contributed by atoms with E-state index in [1.54, 1.807) is 0 Å². The third-order valence-corrected chi connectivity index (χ3v) is 3.80. The molecule has 0 amide bonds. The zero-order valence-electron chi connectivity index (χ0n) is 10.7. The highest BCUT2D eigenvalue weighted by molar-refractivity contribution is 5.76. The molecule has 0 spiro atoms. The average molecular weight is 288 g/mol. The lowest BCUT2D eigenvalue weighted by Crippen LogP contribution is -2.40. The van der Waals surface area contributed by atoms with E-state index in [-0.39, 0.29) is 25.2 Å². The van der Waals surface area contributed by atoms with Crippen molar-refractivity contribution in [2.45, 2.75) is 43.3 Å². The third-order valence-electron chi connectivity index (χ3n) is 3.80. The first-order valence-electron chi connectivity index (χ1n) is 6.63. The van der Waals surface area contributed by atoms with E-state index >= 15 is 0 Å². The Morgan fingerprint density at radius 1 is 1.25 bits per heavy atom. The van der Waals surface area contributed by atoms with Crippen molar-refractivity contribution in [1.29, 1.82) is 0 Å². The van der Waals surface area contributed by atoms with E-state index in [4.69, 9.17) is 14.2 Å². The maximum atomic E-state index is 11.9. The molecule has 3 aliphatic rings. The molecule has 112 valence electrons. The molecule has 0 unspecified atom stereocenters. The lowest BCUT2D eigenvalue weighted by Gasteiger charge is -2.18. The number of nitrogens with one attached hydrogen (secondary N) is 1. The Morgan fingerprint density at radius 3 is 2.60 bits per heavy atom. The van der Waals surface area contributed by atoms with Crippen molar-refractivity contribution in [3.8, 4) is 0 Å². The summed E-state index contributed by atoms with van der Waals surface area (Å²) in [6.07, 6.45) is -0.643. The summed E-state index contributed by atoms with van der Waals surface area (Å²) < 4.78 is 16.2. The summed E-state index contributed by atoms with van der Waals surface area (Å²) in [6.45, 7) is 1.04. The third kappa shape index (κ3) is 2.56. The smallest absolute Gasteiger partial charge is 0.323 e. The molecule has 0 bridgehead atoms. The van der Waals surface area contributed by atoms with Gasteiger partial charge >= 0.3 is 5.97 Å². The minimum absolute atomic E-state index is 0.0615. The summed E-state index contributed by atoms with van der Waals surface area (Å²) in [5, 5.41) is 12.6. The molecule has 3 heterocycles. The van der Waals surface area contributed by atoms with Gasteiger partial charge in [-0.15, -0.1) is 10.1 Å². The van der Waals surface area contributed by atoms with Crippen molar-refractivity contribution in [2.75, 3.05) is 19.8 Å². The standard InChI is InChI=1S/C11H16N2O7/c14-11(6-2-1-3-12-6)19-7-4-17-10-8(20-13(15)16)5-18-9(7)10/h6-10,12H,1-5H2/t6-,7-,8+,9+,10+/m0/s1. The lowest BCUT2D eigenvalue weighted by atomic mass is 10.1. The number of rotatable bonds is 4. The average Bonchev–Trinajstić information content (AvgIpc) is 3.09. The van der Waals surface area contributed by atoms with Crippen LogP contribution in [-0.2, 0) is 23.8 Å². The number of fused-ring (bicyclic) bond motifs is 1. The van der Waals surface area contributed by atoms with Crippen LogP contribution in [0.4, 0.5) is 0 Å². The Kier molecular flexibility index (Phi) is 3.72. The topological polar surface area (TPSA) is 109 Å². The van der Waals surface area contributed by atoms with Crippen LogP contribution in [0.15, 0.2) is 0 Å². The Bertz CT molecular complexity index is 398. The van der Waals surface area contributed by atoms with Crippen LogP contribution < -0.4 is 5.32 Å². The van der Waals surface area contributed by atoms with Crippen LogP contribution in [0.2, 0.25) is 0 Å². The fourth-order valence-corrected chi connectivity index (χ4v) is 2.85. The molecule has 9 nitrogen and oxygen atoms in total. The first kappa shape index (κ1) is 13.5. The maximum Gasteiger partial charge on any atom is 0.323 e. The Balaban J connectivity index is 1.55. The van der Waals surface area contributed by atoms with Crippen molar-refractivity contribution < 1.29 is 28.9 Å². The van der Waals surface area contributed by atoms with E-state index in [1.165, 1.54) is 0 Å². The maximum absolute atomic E-state index is 11.9. The van der Waals surface area contributed by atoms with E-state index in [2.05, 4.69) is 10.2 Å². The highest BCUT2D eigenvalue weighted by Gasteiger charge is 2.51. The SMILES string of the molecule is O=C(O[C@H]1CO[C@H]2[C@@H]1OC[C@H]2O[N+](=O)[O-])[C@@H]1CCCN1. The molecule has 1 N–H and O–H groups in total. The van der Waals surface area contributed by atoms with E-state index < -0.39 is 29.5 Å². The van der Waals surface area contributed by atoms with Gasteiger partial charge < -0.3 is 24.4 Å². The number of esters is 1. The minimum Gasteiger partial charge on any atom is -0.456 e. The number of ether oxygens (including phenoxy) is 3. The molecule has 0 saturated carbocycles. The van der Waals surface area contributed by atoms with Gasteiger partial charge in [0.1, 0.15) is 18.2 Å². The molecule has 0 aromatic rings. The van der Waals surface area contributed by atoms with Crippen LogP contribution in [0.3, 0.4) is 0 Å². The summed E-state index contributed by atoms with van der Waals surface area (Å²) in [7, 11) is 0. The van der Waals surface area contributed by atoms with E-state index in [0.717, 1.165) is 19.4 Å². The summed E-state index contributed by atoms with van der Waals surface area (Å²) in [4.78, 5) is 26.8. The molecule has 0 aromatic heterocycles. The Hall–Kier alpha value is -1.45. The van der Waals surface area contributed by atoms with Crippen LogP contribution in [-0.4, -0.2) is 61.3 Å². The zero-order valence-corrected chi connectivity index (χ0v) is 10.7. The van der Waals surface area contributed by atoms with Crippen LogP contribution >= 0.6 is 0 Å². The van der Waals surface area contributed by atoms with Gasteiger partial charge in [-0.25, -0.2) is 0 Å². The molecule has 3 fully saturated rings. The largest absolute Gasteiger partial charge is 0.456 e. The number of nitrogens with zero attached hydrogens (tertiary/aromatic N) is 1. The van der Waals surface area contributed by atoms with Gasteiger partial charge in [0.05, 0.1) is 13.2 Å². The van der Waals surface area contributed by atoms with Crippen molar-refractivity contribution in [3.05, 3.63) is 10.1 Å². The predicted molar refractivity (Wildman–Crippen MR) is 62.3 cm³/mol. The van der Waals surface area contributed by atoms with Gasteiger partial charge in [0.15, 0.2) is 12.2 Å². The van der Waals surface area contributed by atoms with Crippen LogP contribution in [0.5, 0.6) is 0 Å². The zero-order chi connectivity index (χ0) is 14.1. The molecule has 9 heteroatoms. The summed E-state index contributed by atoms with van der Waals surface area (Å²) in [6, 6.07) is -0.277. The fraction of sp³-hybridized carbons (Fsp3) is 0.909. The molecule has 0 aromatic carbocycles. The highest BCUT2D eigenvalue weighted by atomic mass is 17.0. The molecular weight excluding hydrogens is 272 g/mol. The molecule has 3 aliphatic heterocycles. The Morgan fingerprint density at radius 2 is 1.95 bits per heavy atom. The second kappa shape index (κ2) is 5.51. The number of carbonyl (C=O) groups is 1. The van der Waals surface area contributed by atoms with Gasteiger partial charge in [-0.2, -0.15) is 0 Å². The van der Waals surface area contributed by atoms with Crippen molar-refractivity contribution >= 4 is 5.97 Å². The number of hydrogen-bond donors (Lipinski definition) is 1. The lowest BCUT2D eigenvalue weighted by molar-refractivity contribution is -0.769. The second-order valence-corrected chi connectivity index (χ2v) is 5.09. The fourth-order valence-electron chi connectivity index (χ4n) is 2.85. The van der Waals surface area contributed by atoms with E-state index in [0.29, 0.717) is 0 Å². The first-order chi connectivity index (χ1) is 9.65. The second-order valence-electron chi connectivity index (χ2n) is 5.09. The van der Waals surface area contributed by atoms with Gasteiger partial charge in [0.2, 0.25) is 0 Å². The quantitative estimate of drug-likeness (QED) is 0.399. The minimum atomic E-state index is -0.860. The van der Waals surface area contributed by atoms with Crippen LogP contribution in [0.1, 0.15) is 12.8 Å². The van der Waals surface area contributed by atoms with Crippen LogP contribution in [0.25, 0.3) is 0 Å². The van der Waals surface area contributed by atoms with Crippen molar-refractivity contribution in [2.24, 2.45) is 0 Å². The summed E-state index contributed by atoms with van der Waals surface area (Å²) >= 11 is 0. The van der Waals surface area contributed by atoms with Crippen molar-refractivity contribution in [1.82, 2.24) is 5.32 Å². The van der Waals surface area contributed by atoms with Crippen molar-refractivity contribution in [3.63, 3.8) is 0 Å². The molecule has 0 aliphatic carbocycles. The number of carbonyl (C=O) groups excluding carboxylic acids is 1. The normalized spacial score (nSPS) is 39.5. The molecule has 3 rings (SSSR count). The molecule has 5 atom stereocenters. The van der Waals surface area contributed by atoms with Gasteiger partial charge in [-0.1, -0.05) is 0 Å². The monoisotopic (exact) mass is 288 g/mol. The molecular formula is C11H16N2O7. The summed E-state index contributed by atoms with van der Waals surface area (Å²) in [5.74, 6) is -0.320. The Labute approximate surface area is 114 Å². The van der Waals surface area contributed by atoms with Gasteiger partial charge in [-0.3, -0.25) is 4.79 Å².